The van der Waals surface area contributed by atoms with Crippen molar-refractivity contribution in [1.82, 2.24) is 0 Å². The van der Waals surface area contributed by atoms with Gasteiger partial charge in [0.15, 0.2) is 5.58 Å². The van der Waals surface area contributed by atoms with Gasteiger partial charge in [-0.25, -0.2) is 0 Å². The molecule has 1 aromatic heterocycles. The molecule has 0 bridgehead atoms. The molecule has 0 spiro atoms. The van der Waals surface area contributed by atoms with Crippen molar-refractivity contribution >= 4 is 118 Å². The van der Waals surface area contributed by atoms with E-state index in [2.05, 4.69) is 259 Å². The highest BCUT2D eigenvalue weighted by molar-refractivity contribution is 7.03. The van der Waals surface area contributed by atoms with Crippen LogP contribution >= 0.6 is 0 Å². The van der Waals surface area contributed by atoms with Crippen LogP contribution in [0.15, 0.2) is 247 Å². The molecule has 3 nitrogen and oxygen atoms in total. The lowest BCUT2D eigenvalue weighted by molar-refractivity contribution is 0.669. The summed E-state index contributed by atoms with van der Waals surface area (Å²) in [5.74, 6) is 0. The van der Waals surface area contributed by atoms with Crippen LogP contribution in [0.25, 0.3) is 87.3 Å². The maximum absolute atomic E-state index is 6.60. The number of rotatable bonds is 7. The third-order valence-corrected chi connectivity index (χ3v) is 18.5. The highest BCUT2D eigenvalue weighted by atomic mass is 28.3. The smallest absolute Gasteiger partial charge is 0.159 e. The van der Waals surface area contributed by atoms with Crippen molar-refractivity contribution in [2.45, 2.75) is 13.1 Å². The van der Waals surface area contributed by atoms with Crippen molar-refractivity contribution in [3.8, 4) is 22.3 Å². The summed E-state index contributed by atoms with van der Waals surface area (Å²) in [5, 5.41) is 15.5. The third-order valence-electron chi connectivity index (χ3n) is 15.0. The summed E-state index contributed by atoms with van der Waals surface area (Å²) in [6.45, 7) is 5.09. The van der Waals surface area contributed by atoms with Crippen molar-refractivity contribution < 1.29 is 4.42 Å². The number of hydrogen-bond donors (Lipinski definition) is 0. The lowest BCUT2D eigenvalue weighted by Gasteiger charge is -2.35. The van der Waals surface area contributed by atoms with Crippen LogP contribution in [0.1, 0.15) is 0 Å². The van der Waals surface area contributed by atoms with E-state index < -0.39 is 8.07 Å². The normalized spacial score (nSPS) is 12.8. The van der Waals surface area contributed by atoms with Crippen molar-refractivity contribution in [2.24, 2.45) is 0 Å². The summed E-state index contributed by atoms with van der Waals surface area (Å²) in [6.07, 6.45) is 0. The lowest BCUT2D eigenvalue weighted by Crippen LogP contribution is -2.56. The van der Waals surface area contributed by atoms with E-state index in [1.807, 2.05) is 6.07 Å². The van der Waals surface area contributed by atoms with E-state index in [0.717, 1.165) is 50.4 Å². The molecule has 12 aromatic carbocycles. The molecule has 2 heterocycles. The highest BCUT2D eigenvalue weighted by Crippen LogP contribution is 2.47. The molecule has 330 valence electrons. The fraction of sp³-hybridized carbons (Fsp3) is 0.0303. The third kappa shape index (κ3) is 6.20. The molecule has 0 fully saturated rings. The van der Waals surface area contributed by atoms with Gasteiger partial charge in [-0.3, -0.25) is 0 Å². The van der Waals surface area contributed by atoms with E-state index >= 15 is 0 Å². The number of hydrogen-bond acceptors (Lipinski definition) is 3. The summed E-state index contributed by atoms with van der Waals surface area (Å²) in [5.41, 5.74) is 13.5. The molecule has 0 unspecified atom stereocenters. The van der Waals surface area contributed by atoms with Gasteiger partial charge in [0.1, 0.15) is 13.7 Å². The minimum Gasteiger partial charge on any atom is -0.454 e. The quantitative estimate of drug-likeness (QED) is 0.117. The number of para-hydroxylation sites is 4. The predicted octanol–water partition coefficient (Wildman–Crippen LogP) is 17.6. The van der Waals surface area contributed by atoms with Gasteiger partial charge in [-0.15, -0.1) is 0 Å². The van der Waals surface area contributed by atoms with Crippen LogP contribution < -0.4 is 20.2 Å². The average molecular weight is 911 g/mol. The Kier molecular flexibility index (Phi) is 9.04. The van der Waals surface area contributed by atoms with E-state index in [-0.39, 0.29) is 0 Å². The van der Waals surface area contributed by atoms with Gasteiger partial charge in [0.2, 0.25) is 0 Å². The van der Waals surface area contributed by atoms with Gasteiger partial charge >= 0.3 is 0 Å². The molecule has 1 aliphatic heterocycles. The number of nitrogens with zero attached hydrogens (tertiary/aromatic N) is 2. The van der Waals surface area contributed by atoms with Crippen molar-refractivity contribution in [2.75, 3.05) is 9.80 Å². The monoisotopic (exact) mass is 910 g/mol. The molecule has 1 aliphatic rings. The zero-order valence-electron chi connectivity index (χ0n) is 38.9. The Balaban J connectivity index is 0.919. The summed E-state index contributed by atoms with van der Waals surface area (Å²) >= 11 is 0. The molecule has 0 saturated carbocycles. The maximum Gasteiger partial charge on any atom is 0.159 e. The Labute approximate surface area is 407 Å². The summed E-state index contributed by atoms with van der Waals surface area (Å²) < 4.78 is 6.60. The molecule has 4 heteroatoms. The molecule has 0 amide bonds. The van der Waals surface area contributed by atoms with Gasteiger partial charge < -0.3 is 14.2 Å². The summed E-state index contributed by atoms with van der Waals surface area (Å²) in [7, 11) is -2.24. The average Bonchev–Trinajstić information content (AvgIpc) is 3.80. The zero-order valence-corrected chi connectivity index (χ0v) is 39.9. The standard InChI is InChI=1S/C66H46N2OSi/c1-70(2)63-30-16-26-55-59-41-57(44-32-34-48(35-33-44)68(47-21-7-4-8-22-47)61-28-15-27-56-53-25-13-14-29-62(53)69-66(56)61)51-23-11-12-24-52(51)58(59)42-60(65(55)63)54-38-37-50(40-64(54)70)67(46-19-5-3-6-20-46)49-36-31-43-17-9-10-18-45(43)39-49/h3-42H,1-2H3. The second kappa shape index (κ2) is 15.7. The zero-order chi connectivity index (χ0) is 46.5. The lowest BCUT2D eigenvalue weighted by atomic mass is 9.87. The number of fused-ring (bicyclic) bond motifs is 10. The van der Waals surface area contributed by atoms with Gasteiger partial charge in [0.05, 0.1) is 5.69 Å². The van der Waals surface area contributed by atoms with Crippen LogP contribution in [0, 0.1) is 0 Å². The molecule has 70 heavy (non-hydrogen) atoms. The number of benzene rings is 12. The topological polar surface area (TPSA) is 19.6 Å². The molecule has 0 radical (unpaired) electrons. The molecule has 0 saturated heterocycles. The van der Waals surface area contributed by atoms with E-state index in [1.165, 1.54) is 81.4 Å². The van der Waals surface area contributed by atoms with E-state index in [9.17, 15) is 0 Å². The Morgan fingerprint density at radius 1 is 0.329 bits per heavy atom. The van der Waals surface area contributed by atoms with E-state index in [1.54, 1.807) is 0 Å². The van der Waals surface area contributed by atoms with Crippen molar-refractivity contribution in [3.63, 3.8) is 0 Å². The second-order valence-corrected chi connectivity index (χ2v) is 23.6. The van der Waals surface area contributed by atoms with Crippen LogP contribution in [-0.2, 0) is 0 Å². The SMILES string of the molecule is C[Si]1(C)c2cc(N(c3ccccc3)c3ccc4ccccc4c3)ccc2-c2cc3c4ccccc4c(-c4ccc(N(c5ccccc5)c5cccc6c5oc5ccccc56)cc4)cc3c3cccc1c23. The van der Waals surface area contributed by atoms with Gasteiger partial charge in [-0.05, 0) is 161 Å². The first-order valence-electron chi connectivity index (χ1n) is 24.2. The van der Waals surface area contributed by atoms with E-state index in [4.69, 9.17) is 4.42 Å². The number of furan rings is 1. The van der Waals surface area contributed by atoms with E-state index in [0.29, 0.717) is 0 Å². The maximum atomic E-state index is 6.60. The van der Waals surface area contributed by atoms with Gasteiger partial charge in [0, 0.05) is 39.2 Å². The molecule has 0 N–H and O–H groups in total. The molecular weight excluding hydrogens is 865 g/mol. The van der Waals surface area contributed by atoms with Crippen molar-refractivity contribution in [1.29, 1.82) is 0 Å². The van der Waals surface area contributed by atoms with Crippen LogP contribution in [-0.4, -0.2) is 8.07 Å². The minimum atomic E-state index is -2.24. The van der Waals surface area contributed by atoms with Crippen LogP contribution in [0.4, 0.5) is 34.1 Å². The van der Waals surface area contributed by atoms with Gasteiger partial charge in [-0.2, -0.15) is 0 Å². The second-order valence-electron chi connectivity index (χ2n) is 19.2. The molecule has 0 aliphatic carbocycles. The van der Waals surface area contributed by atoms with Gasteiger partial charge in [0.25, 0.3) is 0 Å². The first kappa shape index (κ1) is 40.4. The van der Waals surface area contributed by atoms with Crippen molar-refractivity contribution in [3.05, 3.63) is 243 Å². The largest absolute Gasteiger partial charge is 0.454 e. The molecule has 13 aromatic rings. The Bertz CT molecular complexity index is 4220. The fourth-order valence-corrected chi connectivity index (χ4v) is 14.7. The molecule has 14 rings (SSSR count). The first-order valence-corrected chi connectivity index (χ1v) is 27.2. The molecular formula is C66H46N2OSi. The van der Waals surface area contributed by atoms with Gasteiger partial charge in [-0.1, -0.05) is 171 Å². The first-order chi connectivity index (χ1) is 34.5. The van der Waals surface area contributed by atoms with Crippen LogP contribution in [0.3, 0.4) is 0 Å². The number of anilines is 6. The van der Waals surface area contributed by atoms with Crippen LogP contribution in [0.2, 0.25) is 13.1 Å². The summed E-state index contributed by atoms with van der Waals surface area (Å²) in [6, 6.07) is 89.1. The fourth-order valence-electron chi connectivity index (χ4n) is 11.6. The highest BCUT2D eigenvalue weighted by Gasteiger charge is 2.37. The van der Waals surface area contributed by atoms with Crippen LogP contribution in [0.5, 0.6) is 0 Å². The minimum absolute atomic E-state index is 0.875. The predicted molar refractivity (Wildman–Crippen MR) is 301 cm³/mol. The Morgan fingerprint density at radius 2 is 0.900 bits per heavy atom. The molecule has 0 atom stereocenters. The Hall–Kier alpha value is -8.70. The Morgan fingerprint density at radius 3 is 1.70 bits per heavy atom. The summed E-state index contributed by atoms with van der Waals surface area (Å²) in [4.78, 5) is 4.74.